The van der Waals surface area contributed by atoms with Crippen LogP contribution in [0.25, 0.3) is 10.9 Å². The van der Waals surface area contributed by atoms with Crippen molar-refractivity contribution < 1.29 is 17.9 Å². The van der Waals surface area contributed by atoms with Crippen LogP contribution in [0.1, 0.15) is 12.0 Å². The first-order chi connectivity index (χ1) is 15.5. The summed E-state index contributed by atoms with van der Waals surface area (Å²) in [6.45, 7) is 4.46. The third-order valence-electron chi connectivity index (χ3n) is 5.52. The molecule has 170 valence electrons. The number of nitrogens with zero attached hydrogens (tertiary/aromatic N) is 1. The highest BCUT2D eigenvalue weighted by molar-refractivity contribution is 7.89. The number of fused-ring (bicyclic) bond motifs is 1. The number of carbonyl (C=O) groups excluding carboxylic acids is 1. The molecule has 0 radical (unpaired) electrons. The Balaban J connectivity index is 1.27. The molecular weight excluding hydrogens is 428 g/mol. The predicted molar refractivity (Wildman–Crippen MR) is 124 cm³/mol. The summed E-state index contributed by atoms with van der Waals surface area (Å²) in [6.07, 6.45) is 2.81. The normalized spacial score (nSPS) is 15.1. The number of aromatic nitrogens is 1. The molecule has 0 unspecified atom stereocenters. The number of nitrogens with one attached hydrogen (secondary N) is 3. The smallest absolute Gasteiger partial charge is 0.240 e. The fourth-order valence-corrected chi connectivity index (χ4v) is 4.86. The summed E-state index contributed by atoms with van der Waals surface area (Å²) in [5.74, 6) is -0.161. The van der Waals surface area contributed by atoms with Gasteiger partial charge in [-0.25, -0.2) is 13.1 Å². The Bertz CT molecular complexity index is 1150. The Morgan fingerprint density at radius 1 is 1.06 bits per heavy atom. The summed E-state index contributed by atoms with van der Waals surface area (Å²) in [6, 6.07) is 14.0. The molecule has 1 saturated heterocycles. The van der Waals surface area contributed by atoms with Crippen molar-refractivity contribution in [3.05, 3.63) is 60.3 Å². The number of amides is 1. The van der Waals surface area contributed by atoms with Crippen LogP contribution in [-0.2, 0) is 26.0 Å². The maximum atomic E-state index is 12.5. The van der Waals surface area contributed by atoms with E-state index in [9.17, 15) is 13.2 Å². The summed E-state index contributed by atoms with van der Waals surface area (Å²) in [7, 11) is -3.58. The van der Waals surface area contributed by atoms with E-state index in [-0.39, 0.29) is 17.2 Å². The standard InChI is InChI=1S/C23H28N4O4S/c28-23(16-18-17-24-22-5-2-1-4-21(18)22)26-19-6-8-20(9-7-19)32(29,30)25-10-3-11-27-12-14-31-15-13-27/h1-2,4-9,17,24-25H,3,10-16H2,(H,26,28). The van der Waals surface area contributed by atoms with Crippen LogP contribution < -0.4 is 10.0 Å². The zero-order chi connectivity index (χ0) is 22.4. The minimum Gasteiger partial charge on any atom is -0.379 e. The Hall–Kier alpha value is -2.72. The molecule has 2 heterocycles. The van der Waals surface area contributed by atoms with Crippen molar-refractivity contribution in [1.29, 1.82) is 0 Å². The third-order valence-corrected chi connectivity index (χ3v) is 7.00. The van der Waals surface area contributed by atoms with Crippen LogP contribution in [0, 0.1) is 0 Å². The molecule has 0 saturated carbocycles. The Labute approximate surface area is 188 Å². The van der Waals surface area contributed by atoms with Gasteiger partial charge in [-0.15, -0.1) is 0 Å². The monoisotopic (exact) mass is 456 g/mol. The number of sulfonamides is 1. The van der Waals surface area contributed by atoms with Gasteiger partial charge in [0.2, 0.25) is 15.9 Å². The van der Waals surface area contributed by atoms with E-state index >= 15 is 0 Å². The number of hydrogen-bond donors (Lipinski definition) is 3. The van der Waals surface area contributed by atoms with Gasteiger partial charge in [0.25, 0.3) is 0 Å². The van der Waals surface area contributed by atoms with Crippen molar-refractivity contribution in [1.82, 2.24) is 14.6 Å². The maximum absolute atomic E-state index is 12.5. The van der Waals surface area contributed by atoms with Crippen LogP contribution in [0.4, 0.5) is 5.69 Å². The third kappa shape index (κ3) is 5.74. The van der Waals surface area contributed by atoms with Gasteiger partial charge in [0.15, 0.2) is 0 Å². The van der Waals surface area contributed by atoms with Crippen LogP contribution >= 0.6 is 0 Å². The van der Waals surface area contributed by atoms with Crippen LogP contribution in [0.2, 0.25) is 0 Å². The first-order valence-corrected chi connectivity index (χ1v) is 12.2. The molecule has 1 aliphatic rings. The summed E-state index contributed by atoms with van der Waals surface area (Å²) in [5, 5.41) is 3.85. The largest absolute Gasteiger partial charge is 0.379 e. The number of ether oxygens (including phenoxy) is 1. The van der Waals surface area contributed by atoms with E-state index in [4.69, 9.17) is 4.74 Å². The maximum Gasteiger partial charge on any atom is 0.240 e. The lowest BCUT2D eigenvalue weighted by atomic mass is 10.1. The number of para-hydroxylation sites is 1. The second-order valence-electron chi connectivity index (χ2n) is 7.81. The average Bonchev–Trinajstić information content (AvgIpc) is 3.20. The highest BCUT2D eigenvalue weighted by Gasteiger charge is 2.15. The fraction of sp³-hybridized carbons (Fsp3) is 0.348. The van der Waals surface area contributed by atoms with Crippen molar-refractivity contribution in [2.24, 2.45) is 0 Å². The van der Waals surface area contributed by atoms with E-state index in [0.717, 1.165) is 55.7 Å². The number of aromatic amines is 1. The van der Waals surface area contributed by atoms with Gasteiger partial charge in [0, 0.05) is 42.4 Å². The molecule has 8 nitrogen and oxygen atoms in total. The first kappa shape index (κ1) is 22.5. The second kappa shape index (κ2) is 10.3. The van der Waals surface area contributed by atoms with Gasteiger partial charge in [0.1, 0.15) is 0 Å². The minimum atomic E-state index is -3.58. The lowest BCUT2D eigenvalue weighted by molar-refractivity contribution is -0.115. The number of H-pyrrole nitrogens is 1. The molecule has 32 heavy (non-hydrogen) atoms. The van der Waals surface area contributed by atoms with Gasteiger partial charge in [-0.2, -0.15) is 0 Å². The Morgan fingerprint density at radius 3 is 2.59 bits per heavy atom. The minimum absolute atomic E-state index is 0.161. The number of benzene rings is 2. The molecule has 0 aliphatic carbocycles. The van der Waals surface area contributed by atoms with Gasteiger partial charge >= 0.3 is 0 Å². The van der Waals surface area contributed by atoms with Gasteiger partial charge in [-0.3, -0.25) is 9.69 Å². The second-order valence-corrected chi connectivity index (χ2v) is 9.58. The average molecular weight is 457 g/mol. The molecule has 0 atom stereocenters. The number of hydrogen-bond acceptors (Lipinski definition) is 5. The quantitative estimate of drug-likeness (QED) is 0.429. The van der Waals surface area contributed by atoms with Crippen LogP contribution in [-0.4, -0.2) is 63.6 Å². The summed E-state index contributed by atoms with van der Waals surface area (Å²) in [4.78, 5) is 18.1. The highest BCUT2D eigenvalue weighted by atomic mass is 32.2. The van der Waals surface area contributed by atoms with Crippen LogP contribution in [0.5, 0.6) is 0 Å². The number of carbonyl (C=O) groups is 1. The molecule has 0 bridgehead atoms. The molecule has 1 aliphatic heterocycles. The lowest BCUT2D eigenvalue weighted by Gasteiger charge is -2.26. The molecule has 3 N–H and O–H groups in total. The Kier molecular flexibility index (Phi) is 7.21. The molecule has 1 amide bonds. The molecule has 9 heteroatoms. The van der Waals surface area contributed by atoms with Crippen molar-refractivity contribution in [3.63, 3.8) is 0 Å². The molecule has 4 rings (SSSR count). The molecule has 0 spiro atoms. The van der Waals surface area contributed by atoms with Crippen molar-refractivity contribution in [2.75, 3.05) is 44.7 Å². The first-order valence-electron chi connectivity index (χ1n) is 10.8. The molecule has 1 aromatic heterocycles. The van der Waals surface area contributed by atoms with Gasteiger partial charge in [0.05, 0.1) is 24.5 Å². The van der Waals surface area contributed by atoms with Gasteiger partial charge < -0.3 is 15.0 Å². The predicted octanol–water partition coefficient (Wildman–Crippen LogP) is 2.35. The van der Waals surface area contributed by atoms with Crippen molar-refractivity contribution in [3.8, 4) is 0 Å². The Morgan fingerprint density at radius 2 is 1.81 bits per heavy atom. The zero-order valence-electron chi connectivity index (χ0n) is 17.8. The van der Waals surface area contributed by atoms with E-state index in [1.54, 1.807) is 12.1 Å². The van der Waals surface area contributed by atoms with E-state index in [0.29, 0.717) is 12.2 Å². The van der Waals surface area contributed by atoms with Crippen LogP contribution in [0.3, 0.4) is 0 Å². The lowest BCUT2D eigenvalue weighted by Crippen LogP contribution is -2.38. The molecular formula is C23H28N4O4S. The van der Waals surface area contributed by atoms with Crippen molar-refractivity contribution in [2.45, 2.75) is 17.7 Å². The van der Waals surface area contributed by atoms with E-state index in [1.807, 2.05) is 30.5 Å². The molecule has 1 fully saturated rings. The number of rotatable bonds is 9. The van der Waals surface area contributed by atoms with Crippen molar-refractivity contribution >= 4 is 32.5 Å². The van der Waals surface area contributed by atoms with Crippen LogP contribution in [0.15, 0.2) is 59.6 Å². The fourth-order valence-electron chi connectivity index (χ4n) is 3.79. The summed E-state index contributed by atoms with van der Waals surface area (Å²) in [5.41, 5.74) is 2.46. The molecule has 2 aromatic carbocycles. The van der Waals surface area contributed by atoms with E-state index in [1.165, 1.54) is 12.1 Å². The summed E-state index contributed by atoms with van der Waals surface area (Å²) < 4.78 is 33.0. The summed E-state index contributed by atoms with van der Waals surface area (Å²) >= 11 is 0. The topological polar surface area (TPSA) is 104 Å². The zero-order valence-corrected chi connectivity index (χ0v) is 18.7. The number of morpholine rings is 1. The SMILES string of the molecule is O=C(Cc1c[nH]c2ccccc12)Nc1ccc(S(=O)(=O)NCCCN2CCOCC2)cc1. The van der Waals surface area contributed by atoms with E-state index < -0.39 is 10.0 Å². The highest BCUT2D eigenvalue weighted by Crippen LogP contribution is 2.19. The van der Waals surface area contributed by atoms with Gasteiger partial charge in [-0.1, -0.05) is 18.2 Å². The molecule has 3 aromatic rings. The van der Waals surface area contributed by atoms with Gasteiger partial charge in [-0.05, 0) is 48.9 Å². The number of anilines is 1. The van der Waals surface area contributed by atoms with E-state index in [2.05, 4.69) is 19.9 Å².